The SMILES string of the molecule is C[C@@H]1S[C@@H](C)C(=O)N(CC(=O)NCc2ccccc2)C1=O. The Balaban J connectivity index is 1.92. The van der Waals surface area contributed by atoms with Crippen molar-refractivity contribution in [2.45, 2.75) is 30.9 Å². The number of benzene rings is 1. The van der Waals surface area contributed by atoms with E-state index in [1.165, 1.54) is 11.8 Å². The van der Waals surface area contributed by atoms with Crippen LogP contribution in [0.3, 0.4) is 0 Å². The van der Waals surface area contributed by atoms with Crippen molar-refractivity contribution in [2.24, 2.45) is 0 Å². The zero-order valence-electron chi connectivity index (χ0n) is 12.0. The molecule has 0 radical (unpaired) electrons. The first-order chi connectivity index (χ1) is 9.99. The van der Waals surface area contributed by atoms with E-state index in [0.717, 1.165) is 10.5 Å². The van der Waals surface area contributed by atoms with E-state index in [2.05, 4.69) is 5.32 Å². The molecule has 1 aromatic carbocycles. The fourth-order valence-corrected chi connectivity index (χ4v) is 3.22. The molecule has 112 valence electrons. The van der Waals surface area contributed by atoms with Crippen LogP contribution in [0.25, 0.3) is 0 Å². The predicted molar refractivity (Wildman–Crippen MR) is 81.5 cm³/mol. The molecule has 1 aliphatic heterocycles. The van der Waals surface area contributed by atoms with Crippen molar-refractivity contribution in [1.82, 2.24) is 10.2 Å². The summed E-state index contributed by atoms with van der Waals surface area (Å²) >= 11 is 1.33. The van der Waals surface area contributed by atoms with Gasteiger partial charge in [0.15, 0.2) is 0 Å². The number of thioether (sulfide) groups is 1. The Hall–Kier alpha value is -1.82. The first-order valence-electron chi connectivity index (χ1n) is 6.80. The summed E-state index contributed by atoms with van der Waals surface area (Å²) in [5.41, 5.74) is 0.972. The lowest BCUT2D eigenvalue weighted by atomic mass is 10.2. The number of carbonyl (C=O) groups excluding carboxylic acids is 3. The summed E-state index contributed by atoms with van der Waals surface area (Å²) in [6.45, 7) is 3.69. The normalized spacial score (nSPS) is 22.3. The van der Waals surface area contributed by atoms with Crippen molar-refractivity contribution < 1.29 is 14.4 Å². The van der Waals surface area contributed by atoms with E-state index in [0.29, 0.717) is 6.54 Å². The van der Waals surface area contributed by atoms with Crippen LogP contribution < -0.4 is 5.32 Å². The monoisotopic (exact) mass is 306 g/mol. The standard InChI is InChI=1S/C15H18N2O3S/c1-10-14(19)17(15(20)11(2)21-10)9-13(18)16-8-12-6-4-3-5-7-12/h3-7,10-11H,8-9H2,1-2H3,(H,16,18)/t10-,11-/m0/s1. The van der Waals surface area contributed by atoms with E-state index in [1.54, 1.807) is 13.8 Å². The third-order valence-corrected chi connectivity index (χ3v) is 4.49. The summed E-state index contributed by atoms with van der Waals surface area (Å²) in [5.74, 6) is -0.914. The predicted octanol–water partition coefficient (Wildman–Crippen LogP) is 1.18. The Morgan fingerprint density at radius 2 is 1.71 bits per heavy atom. The Bertz CT molecular complexity index is 527. The fourth-order valence-electron chi connectivity index (χ4n) is 2.12. The number of rotatable bonds is 4. The summed E-state index contributed by atoms with van der Waals surface area (Å²) in [7, 11) is 0. The minimum Gasteiger partial charge on any atom is -0.350 e. The third kappa shape index (κ3) is 3.85. The Kier molecular flexibility index (Phi) is 5.01. The number of nitrogens with zero attached hydrogens (tertiary/aromatic N) is 1. The van der Waals surface area contributed by atoms with Crippen LogP contribution in [0.4, 0.5) is 0 Å². The Morgan fingerprint density at radius 3 is 2.29 bits per heavy atom. The molecule has 0 bridgehead atoms. The second-order valence-electron chi connectivity index (χ2n) is 4.95. The number of nitrogens with one attached hydrogen (secondary N) is 1. The highest BCUT2D eigenvalue weighted by molar-refractivity contribution is 8.02. The maximum Gasteiger partial charge on any atom is 0.242 e. The molecule has 0 aromatic heterocycles. The number of hydrogen-bond acceptors (Lipinski definition) is 4. The first-order valence-corrected chi connectivity index (χ1v) is 7.74. The average Bonchev–Trinajstić information content (AvgIpc) is 2.48. The quantitative estimate of drug-likeness (QED) is 0.848. The molecular formula is C15H18N2O3S. The lowest BCUT2D eigenvalue weighted by Crippen LogP contribution is -2.53. The highest BCUT2D eigenvalue weighted by Crippen LogP contribution is 2.26. The van der Waals surface area contributed by atoms with Crippen LogP contribution in [0.5, 0.6) is 0 Å². The van der Waals surface area contributed by atoms with Gasteiger partial charge in [-0.15, -0.1) is 11.8 Å². The molecule has 1 saturated heterocycles. The van der Waals surface area contributed by atoms with E-state index in [9.17, 15) is 14.4 Å². The molecule has 1 aliphatic rings. The van der Waals surface area contributed by atoms with Crippen LogP contribution in [0.15, 0.2) is 30.3 Å². The van der Waals surface area contributed by atoms with Gasteiger partial charge in [-0.2, -0.15) is 0 Å². The van der Waals surface area contributed by atoms with E-state index in [4.69, 9.17) is 0 Å². The molecule has 21 heavy (non-hydrogen) atoms. The third-order valence-electron chi connectivity index (χ3n) is 3.27. The molecule has 6 heteroatoms. The van der Waals surface area contributed by atoms with Gasteiger partial charge in [0.25, 0.3) is 0 Å². The Labute approximate surface area is 128 Å². The molecule has 2 rings (SSSR count). The van der Waals surface area contributed by atoms with Crippen molar-refractivity contribution in [3.63, 3.8) is 0 Å². The minimum atomic E-state index is -0.327. The second kappa shape index (κ2) is 6.76. The van der Waals surface area contributed by atoms with Crippen LogP contribution in [0.1, 0.15) is 19.4 Å². The van der Waals surface area contributed by atoms with Gasteiger partial charge in [0.1, 0.15) is 6.54 Å². The molecule has 2 atom stereocenters. The molecule has 3 amide bonds. The van der Waals surface area contributed by atoms with Crippen molar-refractivity contribution in [3.8, 4) is 0 Å². The molecule has 1 fully saturated rings. The Morgan fingerprint density at radius 1 is 1.14 bits per heavy atom. The topological polar surface area (TPSA) is 66.5 Å². The number of hydrogen-bond donors (Lipinski definition) is 1. The molecule has 0 spiro atoms. The van der Waals surface area contributed by atoms with E-state index >= 15 is 0 Å². The molecule has 1 heterocycles. The summed E-state index contributed by atoms with van der Waals surface area (Å²) in [6.07, 6.45) is 0. The average molecular weight is 306 g/mol. The minimum absolute atomic E-state index is 0.209. The lowest BCUT2D eigenvalue weighted by Gasteiger charge is -2.31. The summed E-state index contributed by atoms with van der Waals surface area (Å²) in [6, 6.07) is 9.48. The van der Waals surface area contributed by atoms with Crippen molar-refractivity contribution in [2.75, 3.05) is 6.54 Å². The molecule has 0 unspecified atom stereocenters. The van der Waals surface area contributed by atoms with Crippen LogP contribution in [0.2, 0.25) is 0 Å². The van der Waals surface area contributed by atoms with Gasteiger partial charge in [-0.1, -0.05) is 30.3 Å². The molecule has 1 N–H and O–H groups in total. The number of carbonyl (C=O) groups is 3. The van der Waals surface area contributed by atoms with Gasteiger partial charge >= 0.3 is 0 Å². The largest absolute Gasteiger partial charge is 0.350 e. The maximum absolute atomic E-state index is 12.0. The fraction of sp³-hybridized carbons (Fsp3) is 0.400. The van der Waals surface area contributed by atoms with Crippen molar-refractivity contribution >= 4 is 29.5 Å². The maximum atomic E-state index is 12.0. The van der Waals surface area contributed by atoms with Gasteiger partial charge in [0.2, 0.25) is 17.7 Å². The summed E-state index contributed by atoms with van der Waals surface area (Å²) < 4.78 is 0. The van der Waals surface area contributed by atoms with E-state index in [-0.39, 0.29) is 34.8 Å². The van der Waals surface area contributed by atoms with Gasteiger partial charge in [-0.3, -0.25) is 19.3 Å². The van der Waals surface area contributed by atoms with E-state index < -0.39 is 0 Å². The van der Waals surface area contributed by atoms with Crippen molar-refractivity contribution in [3.05, 3.63) is 35.9 Å². The van der Waals surface area contributed by atoms with Crippen LogP contribution in [0, 0.1) is 0 Å². The second-order valence-corrected chi connectivity index (χ2v) is 6.63. The van der Waals surface area contributed by atoms with Crippen LogP contribution in [-0.4, -0.2) is 39.7 Å². The van der Waals surface area contributed by atoms with Gasteiger partial charge < -0.3 is 5.32 Å². The zero-order chi connectivity index (χ0) is 15.4. The highest BCUT2D eigenvalue weighted by Gasteiger charge is 2.37. The zero-order valence-corrected chi connectivity index (χ0v) is 12.9. The van der Waals surface area contributed by atoms with E-state index in [1.807, 2.05) is 30.3 Å². The van der Waals surface area contributed by atoms with Gasteiger partial charge in [0, 0.05) is 6.54 Å². The molecule has 0 aliphatic carbocycles. The van der Waals surface area contributed by atoms with Gasteiger partial charge in [-0.25, -0.2) is 0 Å². The van der Waals surface area contributed by atoms with Crippen LogP contribution in [-0.2, 0) is 20.9 Å². The van der Waals surface area contributed by atoms with Gasteiger partial charge in [0.05, 0.1) is 10.5 Å². The number of imide groups is 1. The van der Waals surface area contributed by atoms with Gasteiger partial charge in [-0.05, 0) is 19.4 Å². The molecular weight excluding hydrogens is 288 g/mol. The first kappa shape index (κ1) is 15.6. The van der Waals surface area contributed by atoms with Crippen molar-refractivity contribution in [1.29, 1.82) is 0 Å². The molecule has 1 aromatic rings. The van der Waals surface area contributed by atoms with Crippen LogP contribution >= 0.6 is 11.8 Å². The summed E-state index contributed by atoms with van der Waals surface area (Å²) in [4.78, 5) is 37.0. The highest BCUT2D eigenvalue weighted by atomic mass is 32.2. The molecule has 5 nitrogen and oxygen atoms in total. The summed E-state index contributed by atoms with van der Waals surface area (Å²) in [5, 5.41) is 2.14. The molecule has 0 saturated carbocycles. The lowest BCUT2D eigenvalue weighted by molar-refractivity contribution is -0.147. The smallest absolute Gasteiger partial charge is 0.242 e. The number of amides is 3.